The van der Waals surface area contributed by atoms with Gasteiger partial charge in [-0.2, -0.15) is 12.9 Å². The highest BCUT2D eigenvalue weighted by Gasteiger charge is 2.37. The Balaban J connectivity index is 2.33. The number of carboxylic acid groups (broad SMARTS) is 1. The molecule has 2 rings (SSSR count). The molecule has 0 amide bonds. The third-order valence-corrected chi connectivity index (χ3v) is 4.48. The number of nitrogens with zero attached hydrogens (tertiary/aromatic N) is 2. The maximum Gasteiger partial charge on any atom is 0.322 e. The standard InChI is InChI=1S/C13H13FN2O3S/c1-2-10-5-7-11(8-6-10)15-20(14,19)16-9-3-4-12(16)13(17)18/h1,5-8,12H,3-4,9H2,(H,17,18)/t12-,20?/m0/s1. The van der Waals surface area contributed by atoms with E-state index < -0.39 is 22.3 Å². The lowest BCUT2D eigenvalue weighted by Gasteiger charge is -2.18. The summed E-state index contributed by atoms with van der Waals surface area (Å²) in [4.78, 5) is 11.0. The molecule has 0 radical (unpaired) electrons. The number of terminal acetylenes is 1. The monoisotopic (exact) mass is 296 g/mol. The van der Waals surface area contributed by atoms with E-state index in [0.29, 0.717) is 12.0 Å². The molecule has 1 aromatic rings. The summed E-state index contributed by atoms with van der Waals surface area (Å²) in [6.07, 6.45) is 5.93. The molecule has 0 aliphatic carbocycles. The fraction of sp³-hybridized carbons (Fsp3) is 0.308. The van der Waals surface area contributed by atoms with Crippen LogP contribution in [0, 0.1) is 12.3 Å². The summed E-state index contributed by atoms with van der Waals surface area (Å²) in [5.41, 5.74) is 0.756. The normalized spacial score (nSPS) is 21.9. The van der Waals surface area contributed by atoms with Crippen molar-refractivity contribution < 1.29 is 18.0 Å². The third-order valence-electron chi connectivity index (χ3n) is 3.03. The van der Waals surface area contributed by atoms with Crippen LogP contribution < -0.4 is 0 Å². The van der Waals surface area contributed by atoms with Gasteiger partial charge >= 0.3 is 5.97 Å². The topological polar surface area (TPSA) is 70.0 Å². The van der Waals surface area contributed by atoms with Gasteiger partial charge in [-0.25, -0.2) is 0 Å². The van der Waals surface area contributed by atoms with Crippen molar-refractivity contribution in [2.75, 3.05) is 6.54 Å². The first-order valence-corrected chi connectivity index (χ1v) is 7.34. The average Bonchev–Trinajstić information content (AvgIpc) is 2.89. The molecular formula is C13H13FN2O3S. The lowest BCUT2D eigenvalue weighted by atomic mass is 10.2. The van der Waals surface area contributed by atoms with Gasteiger partial charge in [0.1, 0.15) is 6.04 Å². The molecule has 1 unspecified atom stereocenters. The smallest absolute Gasteiger partial charge is 0.322 e. The van der Waals surface area contributed by atoms with Crippen LogP contribution in [0.25, 0.3) is 0 Å². The number of hydrogen-bond acceptors (Lipinski definition) is 3. The van der Waals surface area contributed by atoms with Crippen LogP contribution in [0.3, 0.4) is 0 Å². The van der Waals surface area contributed by atoms with Crippen molar-refractivity contribution in [3.05, 3.63) is 29.8 Å². The molecule has 2 atom stereocenters. The minimum atomic E-state index is -4.25. The number of halogens is 1. The number of rotatable bonds is 3. The molecule has 0 spiro atoms. The maximum atomic E-state index is 14.3. The van der Waals surface area contributed by atoms with Crippen LogP contribution in [-0.4, -0.2) is 32.2 Å². The van der Waals surface area contributed by atoms with Crippen molar-refractivity contribution in [3.63, 3.8) is 0 Å². The largest absolute Gasteiger partial charge is 0.480 e. The quantitative estimate of drug-likeness (QED) is 0.686. The van der Waals surface area contributed by atoms with Crippen LogP contribution in [0.5, 0.6) is 0 Å². The fourth-order valence-corrected chi connectivity index (χ4v) is 3.41. The van der Waals surface area contributed by atoms with Crippen LogP contribution in [0.2, 0.25) is 0 Å². The molecular weight excluding hydrogens is 283 g/mol. The lowest BCUT2D eigenvalue weighted by Crippen LogP contribution is -2.38. The Morgan fingerprint density at radius 2 is 2.15 bits per heavy atom. The first-order valence-electron chi connectivity index (χ1n) is 5.97. The van der Waals surface area contributed by atoms with E-state index >= 15 is 0 Å². The molecule has 0 aromatic heterocycles. The molecule has 1 aliphatic heterocycles. The zero-order chi connectivity index (χ0) is 14.8. The Bertz CT molecular complexity index is 672. The molecule has 1 heterocycles. The Hall–Kier alpha value is -1.91. The molecule has 1 fully saturated rings. The van der Waals surface area contributed by atoms with Crippen LogP contribution in [0.15, 0.2) is 28.6 Å². The second-order valence-electron chi connectivity index (χ2n) is 4.35. The van der Waals surface area contributed by atoms with E-state index in [2.05, 4.69) is 10.3 Å². The molecule has 7 heteroatoms. The van der Waals surface area contributed by atoms with E-state index in [0.717, 1.165) is 4.31 Å². The van der Waals surface area contributed by atoms with Crippen LogP contribution >= 0.6 is 0 Å². The summed E-state index contributed by atoms with van der Waals surface area (Å²) in [7, 11) is -4.25. The number of carbonyl (C=O) groups is 1. The van der Waals surface area contributed by atoms with Crippen LogP contribution in [-0.2, 0) is 15.1 Å². The van der Waals surface area contributed by atoms with Gasteiger partial charge in [-0.15, -0.1) is 10.3 Å². The van der Waals surface area contributed by atoms with Gasteiger partial charge in [0.05, 0.1) is 5.69 Å². The van der Waals surface area contributed by atoms with Gasteiger partial charge in [-0.3, -0.25) is 4.79 Å². The lowest BCUT2D eigenvalue weighted by molar-refractivity contribution is -0.140. The van der Waals surface area contributed by atoms with Gasteiger partial charge in [0, 0.05) is 12.1 Å². The van der Waals surface area contributed by atoms with E-state index in [1.54, 1.807) is 12.1 Å². The zero-order valence-corrected chi connectivity index (χ0v) is 11.3. The fourth-order valence-electron chi connectivity index (χ4n) is 2.06. The number of benzene rings is 1. The molecule has 20 heavy (non-hydrogen) atoms. The Morgan fingerprint density at radius 3 is 2.70 bits per heavy atom. The van der Waals surface area contributed by atoms with E-state index in [4.69, 9.17) is 11.5 Å². The van der Waals surface area contributed by atoms with E-state index in [1.165, 1.54) is 12.1 Å². The predicted octanol–water partition coefficient (Wildman–Crippen LogP) is 2.12. The summed E-state index contributed by atoms with van der Waals surface area (Å²) in [6.45, 7) is 0.109. The van der Waals surface area contributed by atoms with E-state index in [-0.39, 0.29) is 18.7 Å². The molecule has 1 saturated heterocycles. The molecule has 1 aromatic carbocycles. The van der Waals surface area contributed by atoms with Crippen LogP contribution in [0.4, 0.5) is 9.57 Å². The zero-order valence-electron chi connectivity index (χ0n) is 10.5. The third kappa shape index (κ3) is 2.98. The van der Waals surface area contributed by atoms with Crippen LogP contribution in [0.1, 0.15) is 18.4 Å². The van der Waals surface area contributed by atoms with Gasteiger partial charge in [0.15, 0.2) is 0 Å². The second kappa shape index (κ2) is 5.61. The summed E-state index contributed by atoms with van der Waals surface area (Å²) in [5.74, 6) is 1.21. The highest BCUT2D eigenvalue weighted by molar-refractivity contribution is 7.86. The van der Waals surface area contributed by atoms with E-state index in [9.17, 15) is 12.9 Å². The Labute approximate surface area is 117 Å². The minimum Gasteiger partial charge on any atom is -0.480 e. The second-order valence-corrected chi connectivity index (χ2v) is 5.87. The maximum absolute atomic E-state index is 14.3. The van der Waals surface area contributed by atoms with Crippen molar-refractivity contribution in [1.29, 1.82) is 0 Å². The highest BCUT2D eigenvalue weighted by Crippen LogP contribution is 2.26. The average molecular weight is 296 g/mol. The predicted molar refractivity (Wildman–Crippen MR) is 73.1 cm³/mol. The van der Waals surface area contributed by atoms with Gasteiger partial charge < -0.3 is 5.11 Å². The first-order chi connectivity index (χ1) is 9.44. The first kappa shape index (κ1) is 14.5. The number of hydrogen-bond donors (Lipinski definition) is 1. The molecule has 0 bridgehead atoms. The van der Waals surface area contributed by atoms with Crippen molar-refractivity contribution in [2.24, 2.45) is 4.36 Å². The van der Waals surface area contributed by atoms with Gasteiger partial charge in [-0.05, 0) is 37.1 Å². The van der Waals surface area contributed by atoms with Gasteiger partial charge in [0.25, 0.3) is 10.3 Å². The number of aliphatic carboxylic acids is 1. The summed E-state index contributed by atoms with van der Waals surface area (Å²) in [5, 5.41) is 8.98. The molecule has 5 nitrogen and oxygen atoms in total. The summed E-state index contributed by atoms with van der Waals surface area (Å²) in [6, 6.07) is 4.89. The molecule has 0 saturated carbocycles. The number of carboxylic acids is 1. The Kier molecular flexibility index (Phi) is 4.06. The molecule has 1 N–H and O–H groups in total. The highest BCUT2D eigenvalue weighted by atomic mass is 32.3. The minimum absolute atomic E-state index is 0.109. The van der Waals surface area contributed by atoms with Gasteiger partial charge in [0.2, 0.25) is 0 Å². The molecule has 106 valence electrons. The Morgan fingerprint density at radius 1 is 1.50 bits per heavy atom. The summed E-state index contributed by atoms with van der Waals surface area (Å²) >= 11 is 0. The van der Waals surface area contributed by atoms with Crippen molar-refractivity contribution in [1.82, 2.24) is 4.31 Å². The van der Waals surface area contributed by atoms with E-state index in [1.807, 2.05) is 0 Å². The molecule has 1 aliphatic rings. The SMILES string of the molecule is C#Cc1ccc(N=S(=O)(F)N2CCC[C@H]2C(=O)O)cc1. The summed E-state index contributed by atoms with van der Waals surface area (Å²) < 4.78 is 30.6. The van der Waals surface area contributed by atoms with Crippen molar-refractivity contribution in [2.45, 2.75) is 18.9 Å². The van der Waals surface area contributed by atoms with Crippen molar-refractivity contribution in [3.8, 4) is 12.3 Å². The van der Waals surface area contributed by atoms with Crippen molar-refractivity contribution >= 4 is 22.0 Å². The van der Waals surface area contributed by atoms with Gasteiger partial charge in [-0.1, -0.05) is 5.92 Å².